The molecule has 0 saturated carbocycles. The zero-order chi connectivity index (χ0) is 21.1. The van der Waals surface area contributed by atoms with Crippen LogP contribution in [0.5, 0.6) is 5.75 Å². The Morgan fingerprint density at radius 2 is 1.87 bits per heavy atom. The molecule has 1 aliphatic heterocycles. The van der Waals surface area contributed by atoms with Crippen molar-refractivity contribution in [1.29, 1.82) is 0 Å². The predicted molar refractivity (Wildman–Crippen MR) is 109 cm³/mol. The largest absolute Gasteiger partial charge is 0.507 e. The summed E-state index contributed by atoms with van der Waals surface area (Å²) < 4.78 is 5.33. The summed E-state index contributed by atoms with van der Waals surface area (Å²) in [4.78, 5) is 35.8. The van der Waals surface area contributed by atoms with Crippen molar-refractivity contribution in [2.45, 2.75) is 12.6 Å². The molecule has 1 saturated heterocycles. The number of benzene rings is 1. The number of aromatic nitrogens is 2. The number of rotatable bonds is 5. The van der Waals surface area contributed by atoms with Gasteiger partial charge in [-0.1, -0.05) is 24.3 Å². The number of Topliss-reactive ketones (excluding diaryl/α,β-unsaturated/α-hetero) is 1. The molecular weight excluding hydrogens is 382 g/mol. The van der Waals surface area contributed by atoms with Gasteiger partial charge in [0.1, 0.15) is 11.5 Å². The van der Waals surface area contributed by atoms with E-state index < -0.39 is 17.7 Å². The van der Waals surface area contributed by atoms with Crippen molar-refractivity contribution in [2.24, 2.45) is 0 Å². The second-order valence-corrected chi connectivity index (χ2v) is 6.73. The number of carbonyl (C=O) groups is 2. The van der Waals surface area contributed by atoms with Crippen molar-refractivity contribution < 1.29 is 19.4 Å². The zero-order valence-electron chi connectivity index (χ0n) is 16.2. The number of methoxy groups -OCH3 is 1. The van der Waals surface area contributed by atoms with Gasteiger partial charge in [0.2, 0.25) is 0 Å². The summed E-state index contributed by atoms with van der Waals surface area (Å²) in [5, 5.41) is 11.1. The van der Waals surface area contributed by atoms with Gasteiger partial charge in [-0.2, -0.15) is 0 Å². The maximum atomic E-state index is 13.0. The fourth-order valence-corrected chi connectivity index (χ4v) is 3.58. The number of aliphatic hydroxyl groups is 1. The summed E-state index contributed by atoms with van der Waals surface area (Å²) in [5.41, 5.74) is 1.58. The number of amides is 1. The van der Waals surface area contributed by atoms with Gasteiger partial charge in [0.25, 0.3) is 11.7 Å². The predicted octanol–water partition coefficient (Wildman–Crippen LogP) is 3.11. The van der Waals surface area contributed by atoms with E-state index in [0.29, 0.717) is 22.6 Å². The molecule has 0 radical (unpaired) electrons. The van der Waals surface area contributed by atoms with E-state index in [-0.39, 0.29) is 17.9 Å². The van der Waals surface area contributed by atoms with Crippen LogP contribution in [-0.4, -0.2) is 38.8 Å². The van der Waals surface area contributed by atoms with Gasteiger partial charge in [-0.3, -0.25) is 19.6 Å². The lowest BCUT2D eigenvalue weighted by Crippen LogP contribution is -2.29. The van der Waals surface area contributed by atoms with Gasteiger partial charge in [0.15, 0.2) is 0 Å². The summed E-state index contributed by atoms with van der Waals surface area (Å²) in [6.45, 7) is 0.119. The number of ketones is 1. The van der Waals surface area contributed by atoms with Crippen LogP contribution in [0.4, 0.5) is 0 Å². The molecule has 1 amide bonds. The molecule has 150 valence electrons. The van der Waals surface area contributed by atoms with Crippen LogP contribution in [0.15, 0.2) is 78.8 Å². The van der Waals surface area contributed by atoms with Crippen LogP contribution >= 0.6 is 0 Å². The van der Waals surface area contributed by atoms with E-state index in [2.05, 4.69) is 9.97 Å². The molecule has 0 spiro atoms. The van der Waals surface area contributed by atoms with E-state index in [1.54, 1.807) is 67.1 Å². The highest BCUT2D eigenvalue weighted by molar-refractivity contribution is 6.46. The quantitative estimate of drug-likeness (QED) is 0.401. The van der Waals surface area contributed by atoms with Crippen LogP contribution in [0, 0.1) is 0 Å². The van der Waals surface area contributed by atoms with Crippen molar-refractivity contribution >= 4 is 17.4 Å². The first-order valence-corrected chi connectivity index (χ1v) is 9.33. The van der Waals surface area contributed by atoms with E-state index in [1.165, 1.54) is 12.0 Å². The summed E-state index contributed by atoms with van der Waals surface area (Å²) in [5.74, 6) is -1.35. The Bertz CT molecular complexity index is 1110. The lowest BCUT2D eigenvalue weighted by Gasteiger charge is -2.24. The first-order valence-electron chi connectivity index (χ1n) is 9.33. The number of carbonyl (C=O) groups excluding carboxylic acids is 2. The number of ether oxygens (including phenoxy) is 1. The molecular formula is C23H19N3O4. The number of para-hydroxylation sites is 1. The van der Waals surface area contributed by atoms with E-state index in [9.17, 15) is 14.7 Å². The van der Waals surface area contributed by atoms with Gasteiger partial charge >= 0.3 is 0 Å². The molecule has 30 heavy (non-hydrogen) atoms. The number of nitrogens with zero attached hydrogens (tertiary/aromatic N) is 3. The van der Waals surface area contributed by atoms with Crippen LogP contribution in [0.3, 0.4) is 0 Å². The number of aliphatic hydroxyl groups excluding tert-OH is 1. The molecule has 4 rings (SSSR count). The standard InChI is InChI=1S/C23H19N3O4/c1-30-18-10-3-2-9-17(18)21(27)19-20(15-7-6-11-24-13-15)26(23(29)22(19)28)14-16-8-4-5-12-25-16/h2-13,20,27H,14H2,1H3/b21-19-. The van der Waals surface area contributed by atoms with Gasteiger partial charge in [0.05, 0.1) is 36.5 Å². The topological polar surface area (TPSA) is 92.6 Å². The SMILES string of the molecule is COc1ccccc1/C(O)=C1/C(=O)C(=O)N(Cc2ccccn2)C1c1cccnc1. The van der Waals surface area contributed by atoms with Crippen molar-refractivity contribution in [3.8, 4) is 5.75 Å². The Balaban J connectivity index is 1.88. The molecule has 1 fully saturated rings. The molecule has 7 heteroatoms. The van der Waals surface area contributed by atoms with E-state index in [4.69, 9.17) is 4.74 Å². The molecule has 1 unspecified atom stereocenters. The molecule has 1 aliphatic rings. The Morgan fingerprint density at radius 3 is 2.57 bits per heavy atom. The monoisotopic (exact) mass is 401 g/mol. The van der Waals surface area contributed by atoms with Crippen LogP contribution in [0.1, 0.15) is 22.9 Å². The average molecular weight is 401 g/mol. The number of likely N-dealkylation sites (tertiary alicyclic amines) is 1. The van der Waals surface area contributed by atoms with Crippen molar-refractivity contribution in [3.63, 3.8) is 0 Å². The highest BCUT2D eigenvalue weighted by Gasteiger charge is 2.46. The van der Waals surface area contributed by atoms with Crippen LogP contribution in [0.2, 0.25) is 0 Å². The minimum absolute atomic E-state index is 0.00608. The summed E-state index contributed by atoms with van der Waals surface area (Å²) >= 11 is 0. The molecule has 3 aromatic rings. The van der Waals surface area contributed by atoms with E-state index in [1.807, 2.05) is 6.07 Å². The maximum absolute atomic E-state index is 13.0. The smallest absolute Gasteiger partial charge is 0.296 e. The summed E-state index contributed by atoms with van der Waals surface area (Å²) in [6, 6.07) is 14.9. The first kappa shape index (κ1) is 19.3. The molecule has 0 bridgehead atoms. The van der Waals surface area contributed by atoms with Gasteiger partial charge < -0.3 is 14.7 Å². The fourth-order valence-electron chi connectivity index (χ4n) is 3.58. The van der Waals surface area contributed by atoms with Gasteiger partial charge in [-0.05, 0) is 35.9 Å². The third-order valence-corrected chi connectivity index (χ3v) is 4.96. The molecule has 1 N–H and O–H groups in total. The zero-order valence-corrected chi connectivity index (χ0v) is 16.2. The molecule has 3 heterocycles. The average Bonchev–Trinajstić information content (AvgIpc) is 3.04. The highest BCUT2D eigenvalue weighted by Crippen LogP contribution is 2.41. The summed E-state index contributed by atoms with van der Waals surface area (Å²) in [6.07, 6.45) is 4.81. The van der Waals surface area contributed by atoms with E-state index >= 15 is 0 Å². The minimum atomic E-state index is -0.800. The van der Waals surface area contributed by atoms with Crippen molar-refractivity contribution in [2.75, 3.05) is 7.11 Å². The highest BCUT2D eigenvalue weighted by atomic mass is 16.5. The third-order valence-electron chi connectivity index (χ3n) is 4.96. The van der Waals surface area contributed by atoms with Crippen LogP contribution in [-0.2, 0) is 16.1 Å². The lowest BCUT2D eigenvalue weighted by atomic mass is 9.96. The lowest BCUT2D eigenvalue weighted by molar-refractivity contribution is -0.140. The number of hydrogen-bond acceptors (Lipinski definition) is 6. The minimum Gasteiger partial charge on any atom is -0.507 e. The van der Waals surface area contributed by atoms with Crippen molar-refractivity contribution in [3.05, 3.63) is 95.6 Å². The van der Waals surface area contributed by atoms with Gasteiger partial charge in [-0.25, -0.2) is 0 Å². The molecule has 0 aliphatic carbocycles. The Hall–Kier alpha value is -4.00. The van der Waals surface area contributed by atoms with Crippen LogP contribution in [0.25, 0.3) is 5.76 Å². The Labute approximate surface area is 173 Å². The van der Waals surface area contributed by atoms with Gasteiger partial charge in [0, 0.05) is 18.6 Å². The third kappa shape index (κ3) is 3.41. The number of pyridine rings is 2. The molecule has 1 atom stereocenters. The second-order valence-electron chi connectivity index (χ2n) is 6.73. The van der Waals surface area contributed by atoms with Crippen LogP contribution < -0.4 is 4.74 Å². The van der Waals surface area contributed by atoms with E-state index in [0.717, 1.165) is 0 Å². The molecule has 1 aromatic carbocycles. The second kappa shape index (κ2) is 8.16. The Morgan fingerprint density at radius 1 is 1.07 bits per heavy atom. The Kier molecular flexibility index (Phi) is 5.26. The van der Waals surface area contributed by atoms with Crippen molar-refractivity contribution in [1.82, 2.24) is 14.9 Å². The first-order chi connectivity index (χ1) is 14.6. The molecule has 2 aromatic heterocycles. The molecule has 7 nitrogen and oxygen atoms in total. The maximum Gasteiger partial charge on any atom is 0.296 e. The summed E-state index contributed by atoms with van der Waals surface area (Å²) in [7, 11) is 1.48. The van der Waals surface area contributed by atoms with Gasteiger partial charge in [-0.15, -0.1) is 0 Å². The fraction of sp³-hybridized carbons (Fsp3) is 0.130. The normalized spacial score (nSPS) is 17.9. The number of hydrogen-bond donors (Lipinski definition) is 1.